The molecular formula is C15H19FN4O2S. The highest BCUT2D eigenvalue weighted by atomic mass is 32.2. The summed E-state index contributed by atoms with van der Waals surface area (Å²) in [6.45, 7) is 4.24. The number of nitrogens with zero attached hydrogens (tertiary/aromatic N) is 2. The molecule has 2 fully saturated rings. The molecule has 0 bridgehead atoms. The summed E-state index contributed by atoms with van der Waals surface area (Å²) in [7, 11) is -3.85. The zero-order valence-electron chi connectivity index (χ0n) is 12.8. The number of hydrogen-bond acceptors (Lipinski definition) is 5. The van der Waals surface area contributed by atoms with Crippen molar-refractivity contribution in [2.75, 3.05) is 29.9 Å². The average Bonchev–Trinajstić information content (AvgIpc) is 3.31. The molecular weight excluding hydrogens is 319 g/mol. The highest BCUT2D eigenvalue weighted by Crippen LogP contribution is 2.41. The first kappa shape index (κ1) is 14.9. The van der Waals surface area contributed by atoms with Crippen LogP contribution in [0.4, 0.5) is 15.8 Å². The molecule has 0 unspecified atom stereocenters. The number of fused-ring (bicyclic) bond motifs is 1. The fourth-order valence-electron chi connectivity index (χ4n) is 3.16. The number of nitrogens with one attached hydrogen (secondary N) is 2. The number of halogens is 1. The minimum absolute atomic E-state index is 0.0666. The predicted octanol–water partition coefficient (Wildman–Crippen LogP) is 1.55. The first-order valence-corrected chi connectivity index (χ1v) is 9.32. The smallest absolute Gasteiger partial charge is 0.286 e. The van der Waals surface area contributed by atoms with Crippen LogP contribution in [0.25, 0.3) is 0 Å². The van der Waals surface area contributed by atoms with Crippen molar-refractivity contribution < 1.29 is 12.8 Å². The molecule has 2 N–H and O–H groups in total. The quantitative estimate of drug-likeness (QED) is 0.856. The molecule has 1 aromatic carbocycles. The monoisotopic (exact) mass is 338 g/mol. The summed E-state index contributed by atoms with van der Waals surface area (Å²) in [4.78, 5) is 1.96. The Bertz CT molecular complexity index is 789. The third-order valence-corrected chi connectivity index (χ3v) is 5.78. The molecule has 4 rings (SSSR count). The molecule has 2 heterocycles. The zero-order chi connectivity index (χ0) is 16.2. The van der Waals surface area contributed by atoms with Gasteiger partial charge in [-0.1, -0.05) is 0 Å². The Balaban J connectivity index is 1.82. The number of anilines is 2. The van der Waals surface area contributed by atoms with Crippen molar-refractivity contribution in [3.05, 3.63) is 17.9 Å². The van der Waals surface area contributed by atoms with Gasteiger partial charge in [-0.05, 0) is 31.9 Å². The Kier molecular flexibility index (Phi) is 3.35. The first-order chi connectivity index (χ1) is 10.9. The largest absolute Gasteiger partial charge is 0.367 e. The van der Waals surface area contributed by atoms with Gasteiger partial charge in [0.1, 0.15) is 16.5 Å². The van der Waals surface area contributed by atoms with Gasteiger partial charge in [0.25, 0.3) is 10.0 Å². The fourth-order valence-corrected chi connectivity index (χ4v) is 4.39. The van der Waals surface area contributed by atoms with E-state index in [1.54, 1.807) is 0 Å². The molecule has 0 spiro atoms. The Morgan fingerprint density at radius 2 is 2.13 bits per heavy atom. The van der Waals surface area contributed by atoms with E-state index in [4.69, 9.17) is 0 Å². The molecule has 23 heavy (non-hydrogen) atoms. The highest BCUT2D eigenvalue weighted by molar-refractivity contribution is 7.90. The maximum Gasteiger partial charge on any atom is 0.286 e. The molecule has 0 aromatic heterocycles. The van der Waals surface area contributed by atoms with Crippen LogP contribution >= 0.6 is 0 Å². The minimum Gasteiger partial charge on any atom is -0.367 e. The Labute approximate surface area is 134 Å². The van der Waals surface area contributed by atoms with Crippen LogP contribution in [-0.2, 0) is 10.0 Å². The van der Waals surface area contributed by atoms with E-state index in [2.05, 4.69) is 22.0 Å². The molecule has 1 saturated heterocycles. The molecule has 2 aliphatic heterocycles. The van der Waals surface area contributed by atoms with Crippen LogP contribution < -0.4 is 15.5 Å². The summed E-state index contributed by atoms with van der Waals surface area (Å²) in [6, 6.07) is 2.73. The van der Waals surface area contributed by atoms with Crippen LogP contribution in [0, 0.1) is 11.7 Å². The number of piperazine rings is 1. The Hall–Kier alpha value is -1.67. The van der Waals surface area contributed by atoms with Crippen LogP contribution in [0.1, 0.15) is 19.8 Å². The Morgan fingerprint density at radius 3 is 2.83 bits per heavy atom. The topological polar surface area (TPSA) is 73.8 Å². The number of benzene rings is 1. The SMILES string of the molecule is C[C@H]1CN(c2cc(F)cc3c2NC(C2CC2)=NS3(=O)=O)CCN1. The maximum atomic E-state index is 14.0. The Morgan fingerprint density at radius 1 is 1.35 bits per heavy atom. The lowest BCUT2D eigenvalue weighted by atomic mass is 10.1. The highest BCUT2D eigenvalue weighted by Gasteiger charge is 2.36. The summed E-state index contributed by atoms with van der Waals surface area (Å²) < 4.78 is 42.8. The first-order valence-electron chi connectivity index (χ1n) is 7.88. The molecule has 6 nitrogen and oxygen atoms in total. The van der Waals surface area contributed by atoms with E-state index in [1.165, 1.54) is 6.07 Å². The van der Waals surface area contributed by atoms with E-state index in [1.807, 2.05) is 4.90 Å². The van der Waals surface area contributed by atoms with Gasteiger partial charge >= 0.3 is 0 Å². The molecule has 124 valence electrons. The average molecular weight is 338 g/mol. The standard InChI is InChI=1S/C15H19FN4O2S/c1-9-8-20(5-4-17-9)12-6-11(16)7-13-14(12)18-15(10-2-3-10)19-23(13,21)22/h6-7,9-10,17H,2-5,8H2,1H3,(H,18,19)/t9-/m0/s1. The zero-order valence-corrected chi connectivity index (χ0v) is 13.7. The number of hydrogen-bond donors (Lipinski definition) is 2. The molecule has 1 aromatic rings. The van der Waals surface area contributed by atoms with E-state index in [-0.39, 0.29) is 16.9 Å². The van der Waals surface area contributed by atoms with Gasteiger partial charge in [-0.15, -0.1) is 4.40 Å². The summed E-state index contributed by atoms with van der Waals surface area (Å²) in [5, 5.41) is 6.50. The van der Waals surface area contributed by atoms with Crippen molar-refractivity contribution >= 4 is 27.2 Å². The lowest BCUT2D eigenvalue weighted by molar-refractivity contribution is 0.484. The van der Waals surface area contributed by atoms with E-state index in [0.717, 1.165) is 25.5 Å². The second-order valence-corrected chi connectivity index (χ2v) is 8.02. The van der Waals surface area contributed by atoms with E-state index < -0.39 is 15.8 Å². The summed E-state index contributed by atoms with van der Waals surface area (Å²) in [5.41, 5.74) is 1.07. The van der Waals surface area contributed by atoms with E-state index >= 15 is 0 Å². The summed E-state index contributed by atoms with van der Waals surface area (Å²) in [6.07, 6.45) is 1.88. The molecule has 1 atom stereocenters. The van der Waals surface area contributed by atoms with Crippen LogP contribution in [-0.4, -0.2) is 39.9 Å². The van der Waals surface area contributed by atoms with Gasteiger partial charge in [0.05, 0.1) is 11.4 Å². The molecule has 0 amide bonds. The van der Waals surface area contributed by atoms with Crippen molar-refractivity contribution in [1.29, 1.82) is 0 Å². The second-order valence-electron chi connectivity index (χ2n) is 6.45. The molecule has 1 saturated carbocycles. The van der Waals surface area contributed by atoms with E-state index in [0.29, 0.717) is 30.3 Å². The third kappa shape index (κ3) is 2.70. The maximum absolute atomic E-state index is 14.0. The molecule has 1 aliphatic carbocycles. The van der Waals surface area contributed by atoms with Crippen molar-refractivity contribution in [2.45, 2.75) is 30.7 Å². The lowest BCUT2D eigenvalue weighted by Crippen LogP contribution is -2.49. The summed E-state index contributed by atoms with van der Waals surface area (Å²) >= 11 is 0. The number of amidine groups is 1. The van der Waals surface area contributed by atoms with Gasteiger partial charge in [-0.3, -0.25) is 0 Å². The fraction of sp³-hybridized carbons (Fsp3) is 0.533. The van der Waals surface area contributed by atoms with Crippen molar-refractivity contribution in [1.82, 2.24) is 5.32 Å². The van der Waals surface area contributed by atoms with Crippen molar-refractivity contribution in [2.24, 2.45) is 10.3 Å². The molecule has 8 heteroatoms. The van der Waals surface area contributed by atoms with E-state index in [9.17, 15) is 12.8 Å². The van der Waals surface area contributed by atoms with Crippen LogP contribution in [0.5, 0.6) is 0 Å². The van der Waals surface area contributed by atoms with Crippen molar-refractivity contribution in [3.8, 4) is 0 Å². The van der Waals surface area contributed by atoms with Gasteiger partial charge in [0.15, 0.2) is 0 Å². The third-order valence-electron chi connectivity index (χ3n) is 4.47. The second kappa shape index (κ2) is 5.17. The van der Waals surface area contributed by atoms with Crippen LogP contribution in [0.3, 0.4) is 0 Å². The van der Waals surface area contributed by atoms with Gasteiger partial charge in [-0.2, -0.15) is 8.42 Å². The molecule has 3 aliphatic rings. The van der Waals surface area contributed by atoms with Gasteiger partial charge in [0, 0.05) is 31.6 Å². The molecule has 0 radical (unpaired) electrons. The normalized spacial score (nSPS) is 26.3. The predicted molar refractivity (Wildman–Crippen MR) is 87.0 cm³/mol. The van der Waals surface area contributed by atoms with Gasteiger partial charge in [0.2, 0.25) is 0 Å². The van der Waals surface area contributed by atoms with Gasteiger partial charge < -0.3 is 15.5 Å². The van der Waals surface area contributed by atoms with Crippen LogP contribution in [0.2, 0.25) is 0 Å². The number of sulfonamides is 1. The summed E-state index contributed by atoms with van der Waals surface area (Å²) in [5.74, 6) is 0.117. The van der Waals surface area contributed by atoms with Gasteiger partial charge in [-0.25, -0.2) is 4.39 Å². The van der Waals surface area contributed by atoms with Crippen molar-refractivity contribution in [3.63, 3.8) is 0 Å². The number of rotatable bonds is 2. The minimum atomic E-state index is -3.85. The van der Waals surface area contributed by atoms with Crippen LogP contribution in [0.15, 0.2) is 21.4 Å². The lowest BCUT2D eigenvalue weighted by Gasteiger charge is -2.36.